The van der Waals surface area contributed by atoms with Gasteiger partial charge in [-0.05, 0) is 23.6 Å². The second-order valence-corrected chi connectivity index (χ2v) is 2.85. The maximum atomic E-state index is 8.18. The first-order valence-corrected chi connectivity index (χ1v) is 3.90. The Kier molecular flexibility index (Phi) is 2.68. The van der Waals surface area contributed by atoms with Crippen LogP contribution in [0.1, 0.15) is 4.88 Å². The van der Waals surface area contributed by atoms with Crippen molar-refractivity contribution in [3.05, 3.63) is 28.5 Å². The van der Waals surface area contributed by atoms with Crippen molar-refractivity contribution in [1.29, 1.82) is 0 Å². The molecule has 1 heterocycles. The molecule has 4 heteroatoms. The van der Waals surface area contributed by atoms with Crippen LogP contribution in [-0.4, -0.2) is 11.0 Å². The van der Waals surface area contributed by atoms with E-state index in [4.69, 9.17) is 10.9 Å². The van der Waals surface area contributed by atoms with E-state index in [-0.39, 0.29) is 5.84 Å². The predicted molar refractivity (Wildman–Crippen MR) is 46.8 cm³/mol. The molecular weight excluding hydrogens is 160 g/mol. The minimum absolute atomic E-state index is 0.110. The summed E-state index contributed by atoms with van der Waals surface area (Å²) in [5.74, 6) is 0.110. The summed E-state index contributed by atoms with van der Waals surface area (Å²) in [7, 11) is 0. The monoisotopic (exact) mass is 168 g/mol. The molecule has 11 heavy (non-hydrogen) atoms. The van der Waals surface area contributed by atoms with E-state index in [1.165, 1.54) is 0 Å². The largest absolute Gasteiger partial charge is 0.409 e. The molecule has 0 aliphatic carbocycles. The summed E-state index contributed by atoms with van der Waals surface area (Å²) < 4.78 is 0. The number of hydrogen-bond donors (Lipinski definition) is 2. The highest BCUT2D eigenvalue weighted by Crippen LogP contribution is 2.09. The second kappa shape index (κ2) is 3.78. The van der Waals surface area contributed by atoms with E-state index in [1.54, 1.807) is 23.5 Å². The van der Waals surface area contributed by atoms with Crippen LogP contribution in [0.3, 0.4) is 0 Å². The molecule has 0 bridgehead atoms. The smallest absolute Gasteiger partial charge is 0.162 e. The quantitative estimate of drug-likeness (QED) is 0.304. The van der Waals surface area contributed by atoms with Gasteiger partial charge in [-0.1, -0.05) is 11.2 Å². The lowest BCUT2D eigenvalue weighted by Crippen LogP contribution is -2.06. The minimum Gasteiger partial charge on any atom is -0.409 e. The first-order valence-electron chi connectivity index (χ1n) is 3.02. The number of hydrogen-bond acceptors (Lipinski definition) is 3. The Morgan fingerprint density at radius 2 is 2.55 bits per heavy atom. The van der Waals surface area contributed by atoms with E-state index in [2.05, 4.69) is 5.16 Å². The van der Waals surface area contributed by atoms with Crippen molar-refractivity contribution in [2.24, 2.45) is 10.9 Å². The molecule has 1 aromatic rings. The fourth-order valence-corrected chi connectivity index (χ4v) is 1.20. The van der Waals surface area contributed by atoms with Gasteiger partial charge in [0.1, 0.15) is 0 Å². The van der Waals surface area contributed by atoms with Crippen LogP contribution in [0, 0.1) is 0 Å². The molecule has 0 aliphatic rings. The van der Waals surface area contributed by atoms with E-state index >= 15 is 0 Å². The van der Waals surface area contributed by atoms with E-state index in [0.29, 0.717) is 0 Å². The number of amidine groups is 1. The number of thiophene rings is 1. The van der Waals surface area contributed by atoms with Gasteiger partial charge in [0, 0.05) is 4.88 Å². The van der Waals surface area contributed by atoms with Gasteiger partial charge in [0.15, 0.2) is 5.84 Å². The van der Waals surface area contributed by atoms with Crippen LogP contribution in [0.15, 0.2) is 28.7 Å². The molecule has 0 saturated carbocycles. The molecule has 0 spiro atoms. The molecule has 1 rings (SSSR count). The topological polar surface area (TPSA) is 58.6 Å². The second-order valence-electron chi connectivity index (χ2n) is 1.87. The summed E-state index contributed by atoms with van der Waals surface area (Å²) in [5.41, 5.74) is 5.21. The summed E-state index contributed by atoms with van der Waals surface area (Å²) >= 11 is 1.60. The Balaban J connectivity index is 2.63. The van der Waals surface area contributed by atoms with Gasteiger partial charge < -0.3 is 10.9 Å². The molecule has 0 fully saturated rings. The highest BCUT2D eigenvalue weighted by molar-refractivity contribution is 7.10. The predicted octanol–water partition coefficient (Wildman–Crippen LogP) is 1.51. The van der Waals surface area contributed by atoms with Gasteiger partial charge in [0.05, 0.1) is 0 Å². The third kappa shape index (κ3) is 2.43. The Bertz CT molecular complexity index is 264. The van der Waals surface area contributed by atoms with E-state index in [9.17, 15) is 0 Å². The van der Waals surface area contributed by atoms with E-state index in [0.717, 1.165) is 4.88 Å². The van der Waals surface area contributed by atoms with Crippen molar-refractivity contribution in [2.45, 2.75) is 0 Å². The number of nitrogens with zero attached hydrogens (tertiary/aromatic N) is 1. The first-order chi connectivity index (χ1) is 5.33. The van der Waals surface area contributed by atoms with Crippen molar-refractivity contribution < 1.29 is 5.21 Å². The molecule has 1 aromatic heterocycles. The fourth-order valence-electron chi connectivity index (χ4n) is 0.587. The third-order valence-electron chi connectivity index (χ3n) is 1.08. The average molecular weight is 168 g/mol. The zero-order valence-corrected chi connectivity index (χ0v) is 6.58. The Hall–Kier alpha value is -1.29. The van der Waals surface area contributed by atoms with Crippen molar-refractivity contribution in [3.8, 4) is 0 Å². The van der Waals surface area contributed by atoms with Crippen LogP contribution >= 0.6 is 11.3 Å². The number of nitrogens with two attached hydrogens (primary N) is 1. The summed E-state index contributed by atoms with van der Waals surface area (Å²) in [6.45, 7) is 0. The maximum absolute atomic E-state index is 8.18. The van der Waals surface area contributed by atoms with Crippen LogP contribution in [0.5, 0.6) is 0 Å². The zero-order valence-electron chi connectivity index (χ0n) is 5.77. The molecule has 0 amide bonds. The Labute approximate surface area is 68.5 Å². The Morgan fingerprint density at radius 1 is 1.73 bits per heavy atom. The lowest BCUT2D eigenvalue weighted by Gasteiger charge is -1.84. The van der Waals surface area contributed by atoms with Gasteiger partial charge in [0.25, 0.3) is 0 Å². The van der Waals surface area contributed by atoms with Crippen LogP contribution in [0.25, 0.3) is 6.08 Å². The highest BCUT2D eigenvalue weighted by Gasteiger charge is 1.86. The summed E-state index contributed by atoms with van der Waals surface area (Å²) in [6, 6.07) is 3.89. The molecule has 3 N–H and O–H groups in total. The van der Waals surface area contributed by atoms with Crippen molar-refractivity contribution in [3.63, 3.8) is 0 Å². The normalized spacial score (nSPS) is 12.5. The Morgan fingerprint density at radius 3 is 3.09 bits per heavy atom. The van der Waals surface area contributed by atoms with Crippen LogP contribution in [0.4, 0.5) is 0 Å². The van der Waals surface area contributed by atoms with Gasteiger partial charge in [-0.15, -0.1) is 11.3 Å². The molecule has 0 aliphatic heterocycles. The maximum Gasteiger partial charge on any atom is 0.162 e. The van der Waals surface area contributed by atoms with E-state index < -0.39 is 0 Å². The zero-order chi connectivity index (χ0) is 8.10. The molecule has 58 valence electrons. The van der Waals surface area contributed by atoms with E-state index in [1.807, 2.05) is 17.5 Å². The molecular formula is C7H8N2OS. The van der Waals surface area contributed by atoms with Gasteiger partial charge in [-0.2, -0.15) is 0 Å². The summed E-state index contributed by atoms with van der Waals surface area (Å²) in [5, 5.41) is 12.9. The van der Waals surface area contributed by atoms with Gasteiger partial charge in [-0.25, -0.2) is 0 Å². The van der Waals surface area contributed by atoms with Gasteiger partial charge in [-0.3, -0.25) is 0 Å². The van der Waals surface area contributed by atoms with Crippen molar-refractivity contribution in [1.82, 2.24) is 0 Å². The SMILES string of the molecule is NC(C=Cc1cccs1)=NO. The number of oxime groups is 1. The van der Waals surface area contributed by atoms with Crippen LogP contribution in [-0.2, 0) is 0 Å². The highest BCUT2D eigenvalue weighted by atomic mass is 32.1. The summed E-state index contributed by atoms with van der Waals surface area (Å²) in [4.78, 5) is 1.08. The molecule has 0 atom stereocenters. The third-order valence-corrected chi connectivity index (χ3v) is 1.91. The molecule has 0 aromatic carbocycles. The minimum atomic E-state index is 0.110. The lowest BCUT2D eigenvalue weighted by molar-refractivity contribution is 0.319. The molecule has 0 saturated heterocycles. The molecule has 0 radical (unpaired) electrons. The summed E-state index contributed by atoms with van der Waals surface area (Å²) in [6.07, 6.45) is 3.34. The van der Waals surface area contributed by atoms with Crippen molar-refractivity contribution >= 4 is 23.2 Å². The number of rotatable bonds is 2. The van der Waals surface area contributed by atoms with Gasteiger partial charge in [0.2, 0.25) is 0 Å². The van der Waals surface area contributed by atoms with Gasteiger partial charge >= 0.3 is 0 Å². The molecule has 0 unspecified atom stereocenters. The average Bonchev–Trinajstić information content (AvgIpc) is 2.52. The first kappa shape index (κ1) is 7.81. The van der Waals surface area contributed by atoms with Crippen molar-refractivity contribution in [2.75, 3.05) is 0 Å². The standard InChI is InChI=1S/C7H8N2OS/c8-7(9-10)4-3-6-2-1-5-11-6/h1-5,10H,(H2,8,9). The fraction of sp³-hybridized carbons (Fsp3) is 0. The van der Waals surface area contributed by atoms with Crippen LogP contribution in [0.2, 0.25) is 0 Å². The van der Waals surface area contributed by atoms with Crippen LogP contribution < -0.4 is 5.73 Å². The molecule has 3 nitrogen and oxygen atoms in total. The lowest BCUT2D eigenvalue weighted by atomic mass is 10.4.